The van der Waals surface area contributed by atoms with E-state index in [4.69, 9.17) is 9.88 Å². The summed E-state index contributed by atoms with van der Waals surface area (Å²) in [5.74, 6) is 0.00782. The Kier molecular flexibility index (Phi) is 5.29. The molecule has 1 aromatic heterocycles. The molecule has 0 aliphatic carbocycles. The Bertz CT molecular complexity index is 655. The molecular weight excluding hydrogens is 292 g/mol. The van der Waals surface area contributed by atoms with Gasteiger partial charge < -0.3 is 4.74 Å². The first-order valence-electron chi connectivity index (χ1n) is 6.65. The molecular formula is C13H18N4O3S. The summed E-state index contributed by atoms with van der Waals surface area (Å²) < 4.78 is 28.5. The summed E-state index contributed by atoms with van der Waals surface area (Å²) in [7, 11) is -3.36. The lowest BCUT2D eigenvalue weighted by atomic mass is 10.3. The molecule has 0 aliphatic rings. The van der Waals surface area contributed by atoms with E-state index in [9.17, 15) is 8.42 Å². The van der Waals surface area contributed by atoms with Gasteiger partial charge in [0.05, 0.1) is 18.0 Å². The number of rotatable bonds is 8. The number of hydrogen-bond donors (Lipinski definition) is 1. The molecule has 2 rings (SSSR count). The SMILES string of the molecule is NS(=O)(=O)CCCCCOc1ncn(-c2ccccc2)n1. The molecule has 8 heteroatoms. The Morgan fingerprint density at radius 3 is 2.62 bits per heavy atom. The van der Waals surface area contributed by atoms with Gasteiger partial charge in [0.25, 0.3) is 0 Å². The number of ether oxygens (including phenoxy) is 1. The van der Waals surface area contributed by atoms with Crippen LogP contribution in [0.3, 0.4) is 0 Å². The van der Waals surface area contributed by atoms with Crippen molar-refractivity contribution in [3.63, 3.8) is 0 Å². The van der Waals surface area contributed by atoms with E-state index >= 15 is 0 Å². The number of nitrogens with two attached hydrogens (primary N) is 1. The minimum atomic E-state index is -3.36. The molecule has 0 unspecified atom stereocenters. The Labute approximate surface area is 123 Å². The van der Waals surface area contributed by atoms with Crippen LogP contribution in [0.2, 0.25) is 0 Å². The summed E-state index contributed by atoms with van der Waals surface area (Å²) in [5.41, 5.74) is 0.910. The van der Waals surface area contributed by atoms with Gasteiger partial charge in [-0.15, -0.1) is 5.10 Å². The van der Waals surface area contributed by atoms with Crippen LogP contribution in [0.15, 0.2) is 36.7 Å². The van der Waals surface area contributed by atoms with Crippen molar-refractivity contribution in [3.05, 3.63) is 36.7 Å². The molecule has 7 nitrogen and oxygen atoms in total. The van der Waals surface area contributed by atoms with Crippen molar-refractivity contribution in [1.29, 1.82) is 0 Å². The van der Waals surface area contributed by atoms with Crippen molar-refractivity contribution < 1.29 is 13.2 Å². The topological polar surface area (TPSA) is 100 Å². The van der Waals surface area contributed by atoms with Crippen LogP contribution < -0.4 is 9.88 Å². The Hall–Kier alpha value is -1.93. The fourth-order valence-corrected chi connectivity index (χ4v) is 2.37. The minimum Gasteiger partial charge on any atom is -0.462 e. The highest BCUT2D eigenvalue weighted by Gasteiger charge is 2.04. The zero-order chi connectivity index (χ0) is 15.1. The number of aromatic nitrogens is 3. The monoisotopic (exact) mass is 310 g/mol. The highest BCUT2D eigenvalue weighted by atomic mass is 32.2. The van der Waals surface area contributed by atoms with Crippen LogP contribution in [0.25, 0.3) is 5.69 Å². The van der Waals surface area contributed by atoms with E-state index in [0.717, 1.165) is 18.5 Å². The average molecular weight is 310 g/mol. The number of unbranched alkanes of at least 4 members (excludes halogenated alkanes) is 2. The molecule has 2 aromatic rings. The predicted octanol–water partition coefficient (Wildman–Crippen LogP) is 1.10. The highest BCUT2D eigenvalue weighted by Crippen LogP contribution is 2.08. The van der Waals surface area contributed by atoms with Crippen molar-refractivity contribution in [2.24, 2.45) is 5.14 Å². The molecule has 1 heterocycles. The third-order valence-electron chi connectivity index (χ3n) is 2.80. The summed E-state index contributed by atoms with van der Waals surface area (Å²) in [6.45, 7) is 0.448. The number of benzene rings is 1. The summed E-state index contributed by atoms with van der Waals surface area (Å²) >= 11 is 0. The van der Waals surface area contributed by atoms with Gasteiger partial charge in [0.1, 0.15) is 6.33 Å². The largest absolute Gasteiger partial charge is 0.462 e. The van der Waals surface area contributed by atoms with Gasteiger partial charge in [0, 0.05) is 0 Å². The molecule has 0 radical (unpaired) electrons. The van der Waals surface area contributed by atoms with Gasteiger partial charge in [-0.3, -0.25) is 0 Å². The predicted molar refractivity (Wildman–Crippen MR) is 78.7 cm³/mol. The number of sulfonamides is 1. The van der Waals surface area contributed by atoms with Crippen LogP contribution >= 0.6 is 0 Å². The van der Waals surface area contributed by atoms with E-state index in [1.165, 1.54) is 0 Å². The van der Waals surface area contributed by atoms with Gasteiger partial charge in [-0.2, -0.15) is 4.98 Å². The quantitative estimate of drug-likeness (QED) is 0.736. The maximum absolute atomic E-state index is 10.7. The first-order chi connectivity index (χ1) is 10.0. The van der Waals surface area contributed by atoms with Gasteiger partial charge in [-0.05, 0) is 31.4 Å². The number of para-hydroxylation sites is 1. The van der Waals surface area contributed by atoms with E-state index in [1.54, 1.807) is 11.0 Å². The molecule has 0 aliphatic heterocycles. The molecule has 0 spiro atoms. The number of hydrogen-bond acceptors (Lipinski definition) is 5. The Balaban J connectivity index is 1.72. The highest BCUT2D eigenvalue weighted by molar-refractivity contribution is 7.89. The summed E-state index contributed by atoms with van der Waals surface area (Å²) in [4.78, 5) is 4.06. The lowest BCUT2D eigenvalue weighted by Crippen LogP contribution is -2.16. The zero-order valence-corrected chi connectivity index (χ0v) is 12.4. The molecule has 114 valence electrons. The van der Waals surface area contributed by atoms with E-state index < -0.39 is 10.0 Å². The molecule has 0 saturated carbocycles. The smallest absolute Gasteiger partial charge is 0.335 e. The standard InChI is InChI=1S/C13H18N4O3S/c14-21(18,19)10-6-2-5-9-20-13-15-11-17(16-13)12-7-3-1-4-8-12/h1,3-4,7-8,11H,2,5-6,9-10H2,(H2,14,18,19). The maximum atomic E-state index is 10.7. The van der Waals surface area contributed by atoms with Crippen LogP contribution in [0.5, 0.6) is 6.01 Å². The second kappa shape index (κ2) is 7.19. The van der Waals surface area contributed by atoms with Crippen molar-refractivity contribution in [1.82, 2.24) is 14.8 Å². The van der Waals surface area contributed by atoms with Gasteiger partial charge in [-0.25, -0.2) is 18.2 Å². The molecule has 0 bridgehead atoms. The lowest BCUT2D eigenvalue weighted by Gasteiger charge is -2.02. The second-order valence-electron chi connectivity index (χ2n) is 4.58. The van der Waals surface area contributed by atoms with Crippen molar-refractivity contribution in [3.8, 4) is 11.7 Å². The second-order valence-corrected chi connectivity index (χ2v) is 6.32. The Morgan fingerprint density at radius 2 is 1.90 bits per heavy atom. The van der Waals surface area contributed by atoms with Gasteiger partial charge in [0.2, 0.25) is 10.0 Å². The van der Waals surface area contributed by atoms with Crippen molar-refractivity contribution >= 4 is 10.0 Å². The van der Waals surface area contributed by atoms with Crippen LogP contribution in [0.4, 0.5) is 0 Å². The number of primary sulfonamides is 1. The number of nitrogens with zero attached hydrogens (tertiary/aromatic N) is 3. The molecule has 0 fully saturated rings. The molecule has 0 saturated heterocycles. The third-order valence-corrected chi connectivity index (χ3v) is 3.65. The normalized spacial score (nSPS) is 11.5. The molecule has 21 heavy (non-hydrogen) atoms. The lowest BCUT2D eigenvalue weighted by molar-refractivity contribution is 0.283. The van der Waals surface area contributed by atoms with Crippen LogP contribution in [-0.2, 0) is 10.0 Å². The van der Waals surface area contributed by atoms with Crippen molar-refractivity contribution in [2.45, 2.75) is 19.3 Å². The van der Waals surface area contributed by atoms with Gasteiger partial charge in [0.15, 0.2) is 0 Å². The first kappa shape index (κ1) is 15.5. The average Bonchev–Trinajstić information content (AvgIpc) is 2.91. The first-order valence-corrected chi connectivity index (χ1v) is 8.36. The fraction of sp³-hybridized carbons (Fsp3) is 0.385. The third kappa shape index (κ3) is 5.52. The minimum absolute atomic E-state index is 0.00782. The fourth-order valence-electron chi connectivity index (χ4n) is 1.76. The molecule has 0 amide bonds. The van der Waals surface area contributed by atoms with Crippen LogP contribution in [-0.4, -0.2) is 35.5 Å². The van der Waals surface area contributed by atoms with E-state index in [2.05, 4.69) is 10.1 Å². The maximum Gasteiger partial charge on any atom is 0.335 e. The van der Waals surface area contributed by atoms with Crippen LogP contribution in [0, 0.1) is 0 Å². The Morgan fingerprint density at radius 1 is 1.14 bits per heavy atom. The molecule has 2 N–H and O–H groups in total. The summed E-state index contributed by atoms with van der Waals surface area (Å²) in [6, 6.07) is 9.92. The van der Waals surface area contributed by atoms with E-state index in [1.807, 2.05) is 30.3 Å². The van der Waals surface area contributed by atoms with E-state index in [-0.39, 0.29) is 5.75 Å². The summed E-state index contributed by atoms with van der Waals surface area (Å²) in [6.07, 6.45) is 3.59. The van der Waals surface area contributed by atoms with Crippen molar-refractivity contribution in [2.75, 3.05) is 12.4 Å². The van der Waals surface area contributed by atoms with Gasteiger partial charge in [-0.1, -0.05) is 18.2 Å². The molecule has 0 atom stereocenters. The molecule has 1 aromatic carbocycles. The zero-order valence-electron chi connectivity index (χ0n) is 11.6. The van der Waals surface area contributed by atoms with Crippen LogP contribution in [0.1, 0.15) is 19.3 Å². The van der Waals surface area contributed by atoms with E-state index in [0.29, 0.717) is 19.0 Å². The summed E-state index contributed by atoms with van der Waals surface area (Å²) in [5, 5.41) is 9.12. The van der Waals surface area contributed by atoms with Gasteiger partial charge >= 0.3 is 6.01 Å².